The van der Waals surface area contributed by atoms with Gasteiger partial charge >= 0.3 is 6.18 Å². The summed E-state index contributed by atoms with van der Waals surface area (Å²) in [6, 6.07) is 0.376. The zero-order valence-corrected chi connectivity index (χ0v) is 11.2. The molecule has 0 aliphatic carbocycles. The Morgan fingerprint density at radius 3 is 2.24 bits per heavy atom. The van der Waals surface area contributed by atoms with E-state index in [0.717, 1.165) is 19.5 Å². The minimum atomic E-state index is -4.23. The second kappa shape index (κ2) is 9.00. The molecule has 17 heavy (non-hydrogen) atoms. The Morgan fingerprint density at radius 2 is 1.76 bits per heavy atom. The highest BCUT2D eigenvalue weighted by Crippen LogP contribution is 2.14. The minimum Gasteiger partial charge on any atom is -0.372 e. The molecule has 0 saturated carbocycles. The minimum absolute atomic E-state index is 0.142. The first-order valence-electron chi connectivity index (χ1n) is 5.81. The lowest BCUT2D eigenvalue weighted by Crippen LogP contribution is -2.33. The number of nitrogens with zero attached hydrogens (tertiary/aromatic N) is 1. The lowest BCUT2D eigenvalue weighted by atomic mass is 10.2. The Bertz CT molecular complexity index is 188. The molecule has 0 unspecified atom stereocenters. The molecule has 0 aromatic rings. The lowest BCUT2D eigenvalue weighted by molar-refractivity contribution is -0.174. The summed E-state index contributed by atoms with van der Waals surface area (Å²) < 4.78 is 39.9. The van der Waals surface area contributed by atoms with Gasteiger partial charge in [0, 0.05) is 25.1 Å². The van der Waals surface area contributed by atoms with Crippen LogP contribution in [0.2, 0.25) is 0 Å². The van der Waals surface area contributed by atoms with Gasteiger partial charge in [-0.1, -0.05) is 0 Å². The third-order valence-corrected chi connectivity index (χ3v) is 2.58. The normalized spacial score (nSPS) is 12.7. The molecule has 0 bridgehead atoms. The van der Waals surface area contributed by atoms with E-state index in [1.807, 2.05) is 0 Å². The van der Waals surface area contributed by atoms with E-state index < -0.39 is 12.8 Å². The van der Waals surface area contributed by atoms with Gasteiger partial charge < -0.3 is 9.64 Å². The maximum absolute atomic E-state index is 11.8. The molecule has 2 nitrogen and oxygen atoms in total. The highest BCUT2D eigenvalue weighted by atomic mass is 35.5. The molecule has 0 aliphatic heterocycles. The van der Waals surface area contributed by atoms with Crippen LogP contribution < -0.4 is 0 Å². The van der Waals surface area contributed by atoms with Gasteiger partial charge in [0.25, 0.3) is 0 Å². The number of rotatable bonds is 9. The molecule has 0 rings (SSSR count). The summed E-state index contributed by atoms with van der Waals surface area (Å²) in [6.07, 6.45) is -2.73. The van der Waals surface area contributed by atoms with Gasteiger partial charge in [-0.3, -0.25) is 0 Å². The molecule has 0 amide bonds. The molecule has 0 fully saturated rings. The van der Waals surface area contributed by atoms with E-state index >= 15 is 0 Å². The number of halogens is 4. The van der Waals surface area contributed by atoms with Crippen LogP contribution in [0.25, 0.3) is 0 Å². The molecule has 104 valence electrons. The Kier molecular flexibility index (Phi) is 9.00. The van der Waals surface area contributed by atoms with Gasteiger partial charge in [-0.15, -0.1) is 11.6 Å². The summed E-state index contributed by atoms with van der Waals surface area (Å²) in [7, 11) is 0. The average molecular weight is 276 g/mol. The van der Waals surface area contributed by atoms with E-state index in [0.29, 0.717) is 18.3 Å². The van der Waals surface area contributed by atoms with E-state index in [1.165, 1.54) is 0 Å². The smallest absolute Gasteiger partial charge is 0.372 e. The third kappa shape index (κ3) is 10.9. The predicted molar refractivity (Wildman–Crippen MR) is 63.5 cm³/mol. The number of hydrogen-bond donors (Lipinski definition) is 0. The molecular weight excluding hydrogens is 255 g/mol. The van der Waals surface area contributed by atoms with Gasteiger partial charge in [-0.25, -0.2) is 0 Å². The van der Waals surface area contributed by atoms with Crippen molar-refractivity contribution in [3.63, 3.8) is 0 Å². The van der Waals surface area contributed by atoms with Crippen molar-refractivity contribution in [3.05, 3.63) is 0 Å². The summed E-state index contributed by atoms with van der Waals surface area (Å²) in [6.45, 7) is 4.72. The summed E-state index contributed by atoms with van der Waals surface area (Å²) in [5, 5.41) is 0. The summed E-state index contributed by atoms with van der Waals surface area (Å²) in [5.41, 5.74) is 0. The lowest BCUT2D eigenvalue weighted by Gasteiger charge is -2.26. The first-order chi connectivity index (χ1) is 7.87. The van der Waals surface area contributed by atoms with E-state index in [9.17, 15) is 13.2 Å². The molecule has 0 N–H and O–H groups in total. The summed E-state index contributed by atoms with van der Waals surface area (Å²) in [5.74, 6) is 0.605. The number of ether oxygens (including phenoxy) is 1. The predicted octanol–water partition coefficient (Wildman–Crippen LogP) is 3.29. The highest BCUT2D eigenvalue weighted by Gasteiger charge is 2.27. The molecule has 0 spiro atoms. The topological polar surface area (TPSA) is 12.5 Å². The van der Waals surface area contributed by atoms with Gasteiger partial charge in [0.1, 0.15) is 6.61 Å². The van der Waals surface area contributed by atoms with Crippen molar-refractivity contribution < 1.29 is 17.9 Å². The number of alkyl halides is 4. The van der Waals surface area contributed by atoms with Crippen molar-refractivity contribution in [2.45, 2.75) is 38.9 Å². The van der Waals surface area contributed by atoms with E-state index in [4.69, 9.17) is 11.6 Å². The van der Waals surface area contributed by atoms with Crippen molar-refractivity contribution in [2.24, 2.45) is 0 Å². The quantitative estimate of drug-likeness (QED) is 0.473. The SMILES string of the molecule is CC(C)N(CCCCl)CCCOCC(F)(F)F. The zero-order chi connectivity index (χ0) is 13.3. The van der Waals surface area contributed by atoms with Crippen molar-refractivity contribution in [2.75, 3.05) is 32.2 Å². The molecule has 0 saturated heterocycles. The second-order valence-electron chi connectivity index (χ2n) is 4.19. The molecule has 6 heteroatoms. The molecule has 0 atom stereocenters. The zero-order valence-electron chi connectivity index (χ0n) is 10.4. The van der Waals surface area contributed by atoms with E-state index in [1.54, 1.807) is 0 Å². The third-order valence-electron chi connectivity index (χ3n) is 2.31. The molecule has 0 aliphatic rings. The fraction of sp³-hybridized carbons (Fsp3) is 1.00. The van der Waals surface area contributed by atoms with Crippen LogP contribution >= 0.6 is 11.6 Å². The standard InChI is InChI=1S/C11H21ClF3NO/c1-10(2)16(6-3-5-12)7-4-8-17-9-11(13,14)15/h10H,3-9H2,1-2H3. The maximum Gasteiger partial charge on any atom is 0.411 e. The second-order valence-corrected chi connectivity index (χ2v) is 4.57. The first kappa shape index (κ1) is 17.0. The molecule has 0 aromatic carbocycles. The Hall–Kier alpha value is -0.0000000000000000555. The van der Waals surface area contributed by atoms with Crippen LogP contribution in [0.3, 0.4) is 0 Å². The molecule has 0 radical (unpaired) electrons. The van der Waals surface area contributed by atoms with Crippen molar-refractivity contribution in [1.82, 2.24) is 4.90 Å². The van der Waals surface area contributed by atoms with E-state index in [2.05, 4.69) is 23.5 Å². The van der Waals surface area contributed by atoms with Crippen molar-refractivity contribution >= 4 is 11.6 Å². The Labute approximate surface area is 106 Å². The summed E-state index contributed by atoms with van der Waals surface area (Å²) in [4.78, 5) is 2.19. The number of hydrogen-bond acceptors (Lipinski definition) is 2. The molecule has 0 aromatic heterocycles. The van der Waals surface area contributed by atoms with Crippen LogP contribution in [0.4, 0.5) is 13.2 Å². The van der Waals surface area contributed by atoms with Crippen molar-refractivity contribution in [1.29, 1.82) is 0 Å². The molecule has 0 heterocycles. The summed E-state index contributed by atoms with van der Waals surface area (Å²) >= 11 is 5.61. The van der Waals surface area contributed by atoms with Crippen LogP contribution in [0.1, 0.15) is 26.7 Å². The monoisotopic (exact) mass is 275 g/mol. The van der Waals surface area contributed by atoms with Crippen LogP contribution in [-0.2, 0) is 4.74 Å². The Balaban J connectivity index is 3.61. The van der Waals surface area contributed by atoms with Gasteiger partial charge in [-0.2, -0.15) is 13.2 Å². The van der Waals surface area contributed by atoms with Crippen LogP contribution in [0.5, 0.6) is 0 Å². The van der Waals surface area contributed by atoms with Crippen LogP contribution in [0.15, 0.2) is 0 Å². The van der Waals surface area contributed by atoms with E-state index in [-0.39, 0.29) is 6.61 Å². The first-order valence-corrected chi connectivity index (χ1v) is 6.34. The van der Waals surface area contributed by atoms with Gasteiger partial charge in [0.05, 0.1) is 0 Å². The van der Waals surface area contributed by atoms with Crippen molar-refractivity contribution in [3.8, 4) is 0 Å². The highest BCUT2D eigenvalue weighted by molar-refractivity contribution is 6.17. The molecular formula is C11H21ClF3NO. The van der Waals surface area contributed by atoms with Gasteiger partial charge in [-0.05, 0) is 33.2 Å². The average Bonchev–Trinajstić information content (AvgIpc) is 2.20. The van der Waals surface area contributed by atoms with Gasteiger partial charge in [0.15, 0.2) is 0 Å². The maximum atomic E-state index is 11.8. The van der Waals surface area contributed by atoms with Crippen LogP contribution in [0, 0.1) is 0 Å². The fourth-order valence-corrected chi connectivity index (χ4v) is 1.57. The fourth-order valence-electron chi connectivity index (χ4n) is 1.45. The van der Waals surface area contributed by atoms with Crippen LogP contribution in [-0.4, -0.2) is 49.3 Å². The largest absolute Gasteiger partial charge is 0.411 e. The van der Waals surface area contributed by atoms with Gasteiger partial charge in [0.2, 0.25) is 0 Å². The Morgan fingerprint density at radius 1 is 1.18 bits per heavy atom.